The van der Waals surface area contributed by atoms with E-state index in [-0.39, 0.29) is 37.2 Å². The Morgan fingerprint density at radius 3 is 2.69 bits per heavy atom. The minimum atomic E-state index is -0.629. The van der Waals surface area contributed by atoms with Gasteiger partial charge in [-0.15, -0.1) is 12.4 Å². The van der Waals surface area contributed by atoms with Crippen molar-refractivity contribution in [1.82, 2.24) is 9.55 Å². The van der Waals surface area contributed by atoms with Gasteiger partial charge in [-0.3, -0.25) is 4.79 Å². The fourth-order valence-electron chi connectivity index (χ4n) is 1.08. The largest absolute Gasteiger partial charge is 0.460 e. The van der Waals surface area contributed by atoms with Gasteiger partial charge in [0.1, 0.15) is 12.4 Å². The number of ether oxygens (including phenoxy) is 1. The van der Waals surface area contributed by atoms with Crippen LogP contribution in [0.4, 0.5) is 5.82 Å². The molecule has 7 nitrogen and oxygen atoms in total. The molecule has 8 heteroatoms. The SMILES string of the molecule is CCOC(=O)c1nc(N)cn1CC(N)=O.Cl. The van der Waals surface area contributed by atoms with Crippen LogP contribution in [0.25, 0.3) is 0 Å². The second kappa shape index (κ2) is 5.96. The van der Waals surface area contributed by atoms with Crippen LogP contribution < -0.4 is 11.5 Å². The van der Waals surface area contributed by atoms with Crippen molar-refractivity contribution in [2.45, 2.75) is 13.5 Å². The van der Waals surface area contributed by atoms with E-state index in [9.17, 15) is 9.59 Å². The summed E-state index contributed by atoms with van der Waals surface area (Å²) in [4.78, 5) is 25.8. The number of primary amides is 1. The monoisotopic (exact) mass is 248 g/mol. The van der Waals surface area contributed by atoms with E-state index in [1.807, 2.05) is 0 Å². The van der Waals surface area contributed by atoms with Crippen LogP contribution in [-0.4, -0.2) is 28.0 Å². The van der Waals surface area contributed by atoms with E-state index in [4.69, 9.17) is 16.2 Å². The van der Waals surface area contributed by atoms with E-state index in [0.29, 0.717) is 0 Å². The molecule has 1 amide bonds. The van der Waals surface area contributed by atoms with E-state index in [2.05, 4.69) is 4.98 Å². The van der Waals surface area contributed by atoms with Gasteiger partial charge < -0.3 is 20.8 Å². The predicted octanol–water partition coefficient (Wildman–Crippen LogP) is -0.451. The average molecular weight is 249 g/mol. The molecule has 0 saturated heterocycles. The highest BCUT2D eigenvalue weighted by atomic mass is 35.5. The normalized spacial score (nSPS) is 9.31. The minimum Gasteiger partial charge on any atom is -0.460 e. The van der Waals surface area contributed by atoms with Gasteiger partial charge in [-0.05, 0) is 6.92 Å². The molecular formula is C8H13ClN4O3. The Hall–Kier alpha value is -1.76. The van der Waals surface area contributed by atoms with E-state index < -0.39 is 11.9 Å². The molecule has 0 spiro atoms. The van der Waals surface area contributed by atoms with Gasteiger partial charge in [0, 0.05) is 6.20 Å². The summed E-state index contributed by atoms with van der Waals surface area (Å²) in [5, 5.41) is 0. The number of imidazole rings is 1. The summed E-state index contributed by atoms with van der Waals surface area (Å²) in [6, 6.07) is 0. The van der Waals surface area contributed by atoms with Crippen LogP contribution in [-0.2, 0) is 16.1 Å². The second-order valence-electron chi connectivity index (χ2n) is 2.80. The van der Waals surface area contributed by atoms with Crippen LogP contribution in [0, 0.1) is 0 Å². The first-order valence-electron chi connectivity index (χ1n) is 4.32. The average Bonchev–Trinajstić information content (AvgIpc) is 2.46. The van der Waals surface area contributed by atoms with Gasteiger partial charge in [0.15, 0.2) is 0 Å². The van der Waals surface area contributed by atoms with Gasteiger partial charge >= 0.3 is 5.97 Å². The summed E-state index contributed by atoms with van der Waals surface area (Å²) in [5.74, 6) is -1.10. The van der Waals surface area contributed by atoms with Crippen molar-refractivity contribution in [3.8, 4) is 0 Å². The fraction of sp³-hybridized carbons (Fsp3) is 0.375. The number of esters is 1. The third-order valence-electron chi connectivity index (χ3n) is 1.58. The van der Waals surface area contributed by atoms with E-state index in [1.54, 1.807) is 6.92 Å². The smallest absolute Gasteiger partial charge is 0.374 e. The molecule has 0 atom stereocenters. The number of anilines is 1. The van der Waals surface area contributed by atoms with Gasteiger partial charge in [-0.2, -0.15) is 0 Å². The third kappa shape index (κ3) is 3.43. The fourth-order valence-corrected chi connectivity index (χ4v) is 1.08. The second-order valence-corrected chi connectivity index (χ2v) is 2.80. The van der Waals surface area contributed by atoms with E-state index >= 15 is 0 Å². The lowest BCUT2D eigenvalue weighted by molar-refractivity contribution is -0.118. The molecule has 0 aromatic carbocycles. The molecule has 4 N–H and O–H groups in total. The van der Waals surface area contributed by atoms with Crippen LogP contribution in [0.3, 0.4) is 0 Å². The molecule has 0 unspecified atom stereocenters. The number of nitrogens with zero attached hydrogens (tertiary/aromatic N) is 2. The Kier molecular flexibility index (Phi) is 5.31. The molecular weight excluding hydrogens is 236 g/mol. The molecule has 16 heavy (non-hydrogen) atoms. The zero-order chi connectivity index (χ0) is 11.4. The van der Waals surface area contributed by atoms with Crippen molar-refractivity contribution >= 4 is 30.1 Å². The van der Waals surface area contributed by atoms with Crippen LogP contribution in [0.15, 0.2) is 6.20 Å². The third-order valence-corrected chi connectivity index (χ3v) is 1.58. The highest BCUT2D eigenvalue weighted by Gasteiger charge is 2.16. The molecule has 0 bridgehead atoms. The number of nitrogens with two attached hydrogens (primary N) is 2. The standard InChI is InChI=1S/C8H12N4O3.ClH/c1-2-15-8(14)7-11-5(9)3-12(7)4-6(10)13;/h3H,2,4,9H2,1H3,(H2,10,13);1H. The van der Waals surface area contributed by atoms with Crippen molar-refractivity contribution in [3.05, 3.63) is 12.0 Å². The van der Waals surface area contributed by atoms with Gasteiger partial charge in [-0.25, -0.2) is 9.78 Å². The Morgan fingerprint density at radius 2 is 2.19 bits per heavy atom. The zero-order valence-corrected chi connectivity index (χ0v) is 9.49. The maximum Gasteiger partial charge on any atom is 0.374 e. The number of carbonyl (C=O) groups is 2. The van der Waals surface area contributed by atoms with Crippen molar-refractivity contribution in [2.24, 2.45) is 5.73 Å². The summed E-state index contributed by atoms with van der Waals surface area (Å²) in [6.07, 6.45) is 1.36. The highest BCUT2D eigenvalue weighted by molar-refractivity contribution is 5.87. The Morgan fingerprint density at radius 1 is 1.56 bits per heavy atom. The summed E-state index contributed by atoms with van der Waals surface area (Å²) >= 11 is 0. The maximum atomic E-state index is 11.3. The lowest BCUT2D eigenvalue weighted by Crippen LogP contribution is -2.22. The van der Waals surface area contributed by atoms with Gasteiger partial charge in [0.2, 0.25) is 11.7 Å². The Labute approximate surface area is 98.2 Å². The van der Waals surface area contributed by atoms with Crippen molar-refractivity contribution < 1.29 is 14.3 Å². The zero-order valence-electron chi connectivity index (χ0n) is 8.67. The Balaban J connectivity index is 0.00000225. The lowest BCUT2D eigenvalue weighted by Gasteiger charge is -2.03. The van der Waals surface area contributed by atoms with Crippen LogP contribution >= 0.6 is 12.4 Å². The maximum absolute atomic E-state index is 11.3. The minimum absolute atomic E-state index is 0. The number of halogens is 1. The molecule has 1 aromatic rings. The van der Waals surface area contributed by atoms with Gasteiger partial charge in [-0.1, -0.05) is 0 Å². The van der Waals surface area contributed by atoms with Crippen molar-refractivity contribution in [1.29, 1.82) is 0 Å². The highest BCUT2D eigenvalue weighted by Crippen LogP contribution is 2.06. The van der Waals surface area contributed by atoms with Gasteiger partial charge in [0.05, 0.1) is 6.61 Å². The molecule has 1 rings (SSSR count). The molecule has 1 heterocycles. The van der Waals surface area contributed by atoms with Crippen molar-refractivity contribution in [2.75, 3.05) is 12.3 Å². The first-order valence-corrected chi connectivity index (χ1v) is 4.32. The number of nitrogen functional groups attached to an aromatic ring is 1. The predicted molar refractivity (Wildman–Crippen MR) is 59.0 cm³/mol. The number of hydrogen-bond acceptors (Lipinski definition) is 5. The number of hydrogen-bond donors (Lipinski definition) is 2. The van der Waals surface area contributed by atoms with E-state index in [1.165, 1.54) is 10.8 Å². The summed E-state index contributed by atoms with van der Waals surface area (Å²) < 4.78 is 5.99. The number of aromatic nitrogens is 2. The molecule has 0 radical (unpaired) electrons. The first-order chi connectivity index (χ1) is 7.04. The summed E-state index contributed by atoms with van der Waals surface area (Å²) in [7, 11) is 0. The van der Waals surface area contributed by atoms with Crippen LogP contribution in [0.1, 0.15) is 17.5 Å². The van der Waals surface area contributed by atoms with Crippen LogP contribution in [0.5, 0.6) is 0 Å². The van der Waals surface area contributed by atoms with E-state index in [0.717, 1.165) is 0 Å². The number of amides is 1. The number of carbonyl (C=O) groups excluding carboxylic acids is 2. The van der Waals surface area contributed by atoms with Crippen molar-refractivity contribution in [3.63, 3.8) is 0 Å². The topological polar surface area (TPSA) is 113 Å². The molecule has 0 fully saturated rings. The molecule has 0 aliphatic carbocycles. The summed E-state index contributed by atoms with van der Waals surface area (Å²) in [5.41, 5.74) is 10.4. The van der Waals surface area contributed by atoms with Gasteiger partial charge in [0.25, 0.3) is 0 Å². The van der Waals surface area contributed by atoms with Crippen LogP contribution in [0.2, 0.25) is 0 Å². The molecule has 0 aliphatic heterocycles. The molecule has 0 saturated carbocycles. The molecule has 1 aromatic heterocycles. The quantitative estimate of drug-likeness (QED) is 0.701. The number of rotatable bonds is 4. The molecule has 0 aliphatic rings. The Bertz CT molecular complexity index is 391. The lowest BCUT2D eigenvalue weighted by atomic mass is 10.5. The summed E-state index contributed by atoms with van der Waals surface area (Å²) in [6.45, 7) is 1.74. The molecule has 90 valence electrons. The first kappa shape index (κ1) is 14.2.